The molecule has 4 heterocycles. The van der Waals surface area contributed by atoms with E-state index in [0.717, 1.165) is 42.0 Å². The lowest BCUT2D eigenvalue weighted by atomic mass is 9.95. The summed E-state index contributed by atoms with van der Waals surface area (Å²) in [6, 6.07) is 11.8. The van der Waals surface area contributed by atoms with E-state index in [1.807, 2.05) is 62.6 Å². The van der Waals surface area contributed by atoms with Crippen LogP contribution in [0.5, 0.6) is 0 Å². The maximum Gasteiger partial charge on any atom is 0.225 e. The highest BCUT2D eigenvalue weighted by atomic mass is 79.9. The Bertz CT molecular complexity index is 2500. The molecule has 2 aromatic carbocycles. The van der Waals surface area contributed by atoms with E-state index in [4.69, 9.17) is 31.9 Å². The molecule has 324 valence electrons. The molecule has 0 aliphatic heterocycles. The summed E-state index contributed by atoms with van der Waals surface area (Å²) >= 11 is 13.1. The predicted molar refractivity (Wildman–Crippen MR) is 239 cm³/mol. The molecular formula is C42H49Br2ClN10O6. The summed E-state index contributed by atoms with van der Waals surface area (Å²) in [5, 5.41) is 31.5. The molecule has 0 saturated carbocycles. The quantitative estimate of drug-likeness (QED) is 0.0779. The van der Waals surface area contributed by atoms with Gasteiger partial charge in [-0.1, -0.05) is 44.0 Å². The molecule has 0 radical (unpaired) electrons. The van der Waals surface area contributed by atoms with E-state index in [-0.39, 0.29) is 23.0 Å². The predicted octanol–water partition coefficient (Wildman–Crippen LogP) is 5.54. The first kappa shape index (κ1) is 46.2. The molecule has 0 amide bonds. The van der Waals surface area contributed by atoms with Gasteiger partial charge in [-0.15, -0.1) is 0 Å². The zero-order valence-corrected chi connectivity index (χ0v) is 38.2. The smallest absolute Gasteiger partial charge is 0.225 e. The summed E-state index contributed by atoms with van der Waals surface area (Å²) in [6.07, 6.45) is 3.63. The van der Waals surface area contributed by atoms with Crippen molar-refractivity contribution in [2.45, 2.75) is 77.7 Å². The first-order valence-electron chi connectivity index (χ1n) is 20.0. The number of rotatable bonds is 14. The topological polar surface area (TPSA) is 218 Å². The fourth-order valence-electron chi connectivity index (χ4n) is 7.03. The second-order valence-electron chi connectivity index (χ2n) is 14.6. The van der Waals surface area contributed by atoms with Crippen molar-refractivity contribution in [1.29, 1.82) is 0 Å². The molecule has 5 N–H and O–H groups in total. The third-order valence-corrected chi connectivity index (χ3v) is 11.0. The minimum atomic E-state index is -0.554. The second-order valence-corrected chi connectivity index (χ2v) is 16.8. The Morgan fingerprint density at radius 3 is 1.72 bits per heavy atom. The van der Waals surface area contributed by atoms with Gasteiger partial charge in [0.05, 0.1) is 72.5 Å². The molecule has 2 aliphatic carbocycles. The normalized spacial score (nSPS) is 16.5. The lowest BCUT2D eigenvalue weighted by Crippen LogP contribution is -2.18. The summed E-state index contributed by atoms with van der Waals surface area (Å²) in [6.45, 7) is 11.5. The Hall–Kier alpha value is -4.27. The van der Waals surface area contributed by atoms with Crippen molar-refractivity contribution in [2.75, 3.05) is 44.8 Å². The first-order chi connectivity index (χ1) is 29.3. The summed E-state index contributed by atoms with van der Waals surface area (Å²) in [5.41, 5.74) is 11.1. The van der Waals surface area contributed by atoms with Gasteiger partial charge in [-0.05, 0) is 85.8 Å². The molecule has 61 heavy (non-hydrogen) atoms. The van der Waals surface area contributed by atoms with Crippen molar-refractivity contribution >= 4 is 83.0 Å². The standard InChI is InChI=1S/C21H24BrN5O3.C18H16BrClN4O2.C3H9NO/c1-3-30-7-6-27-11-16-19(24-21(23-10-12(2)28)25-20(16)26-27)18-15-9-14(22)5-4-13(15)8-17(18)29;1-2-26-6-5-24-9-13-16(21-18(20)22-17(13)23-24)15-12-8-11(19)4-3-10(12)7-14(15)25;1-3(5)2-4/h4-5,9,11-12,18,28H,3,6-8,10H2,1-2H3,(H,23,25,26);3-4,8-9,15H,2,5-7H2,1H3;3,5H,2,4H2,1H3/t12-,18?;;3-/m1.1/s1. The number of fused-ring (bicyclic) bond motifs is 4. The van der Waals surface area contributed by atoms with Crippen molar-refractivity contribution in [2.24, 2.45) is 5.73 Å². The molecule has 0 fully saturated rings. The molecule has 0 saturated heterocycles. The van der Waals surface area contributed by atoms with Gasteiger partial charge >= 0.3 is 0 Å². The van der Waals surface area contributed by atoms with Crippen LogP contribution in [-0.4, -0.2) is 113 Å². The van der Waals surface area contributed by atoms with Crippen molar-refractivity contribution in [3.8, 4) is 0 Å². The van der Waals surface area contributed by atoms with Gasteiger partial charge in [0.15, 0.2) is 22.9 Å². The van der Waals surface area contributed by atoms with Crippen LogP contribution in [-0.2, 0) is 45.0 Å². The van der Waals surface area contributed by atoms with E-state index in [0.29, 0.717) is 94.1 Å². The number of aromatic nitrogens is 8. The molecule has 2 unspecified atom stereocenters. The van der Waals surface area contributed by atoms with Gasteiger partial charge in [-0.3, -0.25) is 19.0 Å². The lowest BCUT2D eigenvalue weighted by Gasteiger charge is -2.14. The first-order valence-corrected chi connectivity index (χ1v) is 22.0. The number of hydrogen-bond acceptors (Lipinski definition) is 14. The Labute approximate surface area is 374 Å². The van der Waals surface area contributed by atoms with Crippen LogP contribution in [0.4, 0.5) is 5.95 Å². The molecule has 19 heteroatoms. The van der Waals surface area contributed by atoms with E-state index in [2.05, 4.69) is 67.3 Å². The van der Waals surface area contributed by atoms with Gasteiger partial charge < -0.3 is 30.7 Å². The number of nitrogens with one attached hydrogen (secondary N) is 1. The number of ether oxygens (including phenoxy) is 2. The SMILES string of the molecule is CCOCCn1cc2c(C3C(=O)Cc4ccc(Br)cc43)nc(Cl)nc2n1.CCOCCn1cc2c(C3C(=O)Cc4ccc(Br)cc43)nc(NC[C@@H](C)O)nc2n1.C[C@@H](O)CN. The van der Waals surface area contributed by atoms with Gasteiger partial charge in [0, 0.05) is 60.5 Å². The van der Waals surface area contributed by atoms with E-state index in [1.165, 1.54) is 0 Å². The third kappa shape index (κ3) is 11.4. The van der Waals surface area contributed by atoms with E-state index < -0.39 is 17.9 Å². The number of nitrogens with zero attached hydrogens (tertiary/aromatic N) is 8. The van der Waals surface area contributed by atoms with Crippen LogP contribution in [0.1, 0.15) is 73.2 Å². The van der Waals surface area contributed by atoms with Crippen LogP contribution in [0.3, 0.4) is 0 Å². The summed E-state index contributed by atoms with van der Waals surface area (Å²) in [4.78, 5) is 43.6. The number of halogens is 3. The van der Waals surface area contributed by atoms with Crippen LogP contribution in [0.2, 0.25) is 5.28 Å². The van der Waals surface area contributed by atoms with Crippen LogP contribution in [0.25, 0.3) is 22.1 Å². The maximum atomic E-state index is 13.0. The number of hydrogen-bond donors (Lipinski definition) is 4. The summed E-state index contributed by atoms with van der Waals surface area (Å²) < 4.78 is 16.2. The number of Topliss-reactive ketones (excluding diaryl/α,β-unsaturated/α-hetero) is 2. The molecule has 4 aromatic heterocycles. The van der Waals surface area contributed by atoms with E-state index in [9.17, 15) is 14.7 Å². The van der Waals surface area contributed by atoms with Crippen molar-refractivity contribution in [3.63, 3.8) is 0 Å². The Balaban J connectivity index is 0.000000185. The number of ketones is 2. The Kier molecular flexibility index (Phi) is 16.1. The highest BCUT2D eigenvalue weighted by Gasteiger charge is 2.36. The number of aliphatic hydroxyl groups is 2. The zero-order valence-electron chi connectivity index (χ0n) is 34.3. The number of carbonyl (C=O) groups excluding carboxylic acids is 2. The van der Waals surface area contributed by atoms with Crippen LogP contribution < -0.4 is 11.1 Å². The lowest BCUT2D eigenvalue weighted by molar-refractivity contribution is -0.119. The van der Waals surface area contributed by atoms with Crippen LogP contribution in [0.15, 0.2) is 57.7 Å². The fourth-order valence-corrected chi connectivity index (χ4v) is 7.96. The van der Waals surface area contributed by atoms with Gasteiger partial charge in [-0.2, -0.15) is 20.2 Å². The second kappa shape index (κ2) is 21.2. The molecule has 16 nitrogen and oxygen atoms in total. The summed E-state index contributed by atoms with van der Waals surface area (Å²) in [5.74, 6) is -0.359. The van der Waals surface area contributed by atoms with E-state index in [1.54, 1.807) is 23.2 Å². The third-order valence-electron chi connectivity index (χ3n) is 9.88. The number of anilines is 1. The highest BCUT2D eigenvalue weighted by Crippen LogP contribution is 2.40. The minimum absolute atomic E-state index is 0.0961. The van der Waals surface area contributed by atoms with Gasteiger partial charge in [0.1, 0.15) is 0 Å². The van der Waals surface area contributed by atoms with Crippen LogP contribution >= 0.6 is 43.5 Å². The van der Waals surface area contributed by atoms with Crippen molar-refractivity contribution in [1.82, 2.24) is 39.5 Å². The van der Waals surface area contributed by atoms with Gasteiger partial charge in [0.2, 0.25) is 11.2 Å². The number of benzene rings is 2. The average molecular weight is 985 g/mol. The number of aliphatic hydroxyl groups excluding tert-OH is 2. The van der Waals surface area contributed by atoms with Crippen LogP contribution in [0, 0.1) is 0 Å². The average Bonchev–Trinajstić information content (AvgIpc) is 3.99. The molecular weight excluding hydrogens is 936 g/mol. The monoisotopic (exact) mass is 982 g/mol. The zero-order chi connectivity index (χ0) is 43.8. The molecule has 6 aromatic rings. The molecule has 8 rings (SSSR count). The summed E-state index contributed by atoms with van der Waals surface area (Å²) in [7, 11) is 0. The van der Waals surface area contributed by atoms with E-state index >= 15 is 0 Å². The Morgan fingerprint density at radius 2 is 1.26 bits per heavy atom. The Morgan fingerprint density at radius 1 is 0.787 bits per heavy atom. The van der Waals surface area contributed by atoms with Crippen molar-refractivity contribution < 1.29 is 29.3 Å². The fraction of sp³-hybridized carbons (Fsp3) is 0.429. The molecule has 0 bridgehead atoms. The van der Waals surface area contributed by atoms with Gasteiger partial charge in [0.25, 0.3) is 0 Å². The number of nitrogens with two attached hydrogens (primary N) is 1. The maximum absolute atomic E-state index is 13.0. The minimum Gasteiger partial charge on any atom is -0.392 e. The van der Waals surface area contributed by atoms with Crippen molar-refractivity contribution in [3.05, 3.63) is 96.7 Å². The molecule has 0 spiro atoms. The number of carbonyl (C=O) groups is 2. The highest BCUT2D eigenvalue weighted by molar-refractivity contribution is 9.10. The molecule has 4 atom stereocenters. The van der Waals surface area contributed by atoms with Gasteiger partial charge in [-0.25, -0.2) is 9.97 Å². The largest absolute Gasteiger partial charge is 0.392 e. The molecule has 2 aliphatic rings.